The quantitative estimate of drug-likeness (QED) is 0.598. The molecule has 0 aromatic rings. The van der Waals surface area contributed by atoms with Crippen LogP contribution >= 0.6 is 0 Å². The maximum atomic E-state index is 10.4. The number of carboxylic acid groups (broad SMARTS) is 1. The number of hydrogen-bond acceptors (Lipinski definition) is 2. The van der Waals surface area contributed by atoms with E-state index in [2.05, 4.69) is 26.1 Å². The van der Waals surface area contributed by atoms with E-state index >= 15 is 0 Å². The minimum Gasteiger partial charge on any atom is -0.481 e. The fourth-order valence-corrected chi connectivity index (χ4v) is 1.17. The average Bonchev–Trinajstić information content (AvgIpc) is 2.02. The van der Waals surface area contributed by atoms with Crippen molar-refractivity contribution < 1.29 is 9.90 Å². The Morgan fingerprint density at radius 2 is 2.00 bits per heavy atom. The molecule has 0 aromatic heterocycles. The Bertz CT molecular complexity index is 155. The van der Waals surface area contributed by atoms with Gasteiger partial charge < -0.3 is 10.4 Å². The molecule has 0 spiro atoms. The third kappa shape index (κ3) is 7.78. The van der Waals surface area contributed by atoms with Gasteiger partial charge >= 0.3 is 5.97 Å². The van der Waals surface area contributed by atoms with Crippen molar-refractivity contribution in [1.82, 2.24) is 5.32 Å². The normalized spacial score (nSPS) is 11.6. The summed E-state index contributed by atoms with van der Waals surface area (Å²) in [6.45, 7) is 8.27. The third-order valence-corrected chi connectivity index (χ3v) is 2.24. The van der Waals surface area contributed by atoms with Gasteiger partial charge in [-0.2, -0.15) is 0 Å². The number of carboxylic acids is 1. The van der Waals surface area contributed by atoms with Gasteiger partial charge in [0.15, 0.2) is 0 Å². The van der Waals surface area contributed by atoms with Gasteiger partial charge in [0.2, 0.25) is 0 Å². The van der Waals surface area contributed by atoms with Gasteiger partial charge in [-0.1, -0.05) is 20.8 Å². The van der Waals surface area contributed by atoms with Crippen LogP contribution in [0.5, 0.6) is 0 Å². The predicted octanol–water partition coefficient (Wildman–Crippen LogP) is 1.88. The van der Waals surface area contributed by atoms with Crippen molar-refractivity contribution in [2.45, 2.75) is 40.0 Å². The molecule has 3 heteroatoms. The third-order valence-electron chi connectivity index (χ3n) is 2.24. The van der Waals surface area contributed by atoms with Crippen LogP contribution in [0.4, 0.5) is 0 Å². The smallest absolute Gasteiger partial charge is 0.303 e. The maximum Gasteiger partial charge on any atom is 0.303 e. The first kappa shape index (κ1) is 12.4. The lowest BCUT2D eigenvalue weighted by Gasteiger charge is -2.23. The highest BCUT2D eigenvalue weighted by atomic mass is 16.4. The van der Waals surface area contributed by atoms with E-state index < -0.39 is 5.97 Å². The standard InChI is InChI=1S/C10H21NO2/c1-4-11-8-7-10(2,3)6-5-9(12)13/h11H,4-8H2,1-3H3,(H,12,13). The molecule has 2 N–H and O–H groups in total. The Hall–Kier alpha value is -0.570. The molecule has 0 saturated carbocycles. The molecule has 0 saturated heterocycles. The molecule has 78 valence electrons. The van der Waals surface area contributed by atoms with Crippen LogP contribution in [-0.2, 0) is 4.79 Å². The lowest BCUT2D eigenvalue weighted by atomic mass is 9.84. The molecule has 0 radical (unpaired) electrons. The Morgan fingerprint density at radius 3 is 2.46 bits per heavy atom. The lowest BCUT2D eigenvalue weighted by Crippen LogP contribution is -2.22. The molecule has 0 atom stereocenters. The van der Waals surface area contributed by atoms with Gasteiger partial charge in [0.25, 0.3) is 0 Å². The first-order valence-corrected chi connectivity index (χ1v) is 4.90. The first-order chi connectivity index (χ1) is 5.98. The van der Waals surface area contributed by atoms with Gasteiger partial charge in [-0.15, -0.1) is 0 Å². The maximum absolute atomic E-state index is 10.4. The van der Waals surface area contributed by atoms with Gasteiger partial charge in [-0.25, -0.2) is 0 Å². The zero-order valence-corrected chi connectivity index (χ0v) is 8.89. The molecule has 0 rings (SSSR count). The van der Waals surface area contributed by atoms with Crippen LogP contribution in [0.1, 0.15) is 40.0 Å². The second-order valence-corrected chi connectivity index (χ2v) is 4.16. The largest absolute Gasteiger partial charge is 0.481 e. The van der Waals surface area contributed by atoms with Crippen LogP contribution in [0, 0.1) is 5.41 Å². The Balaban J connectivity index is 3.59. The van der Waals surface area contributed by atoms with Crippen LogP contribution in [0.25, 0.3) is 0 Å². The Kier molecular flexibility index (Phi) is 5.71. The minimum atomic E-state index is -0.698. The molecule has 13 heavy (non-hydrogen) atoms. The van der Waals surface area contributed by atoms with Crippen LogP contribution in [0.2, 0.25) is 0 Å². The van der Waals surface area contributed by atoms with Crippen LogP contribution in [0.3, 0.4) is 0 Å². The molecule has 0 aliphatic heterocycles. The van der Waals surface area contributed by atoms with Crippen molar-refractivity contribution in [3.63, 3.8) is 0 Å². The van der Waals surface area contributed by atoms with Crippen LogP contribution in [0.15, 0.2) is 0 Å². The van der Waals surface area contributed by atoms with Crippen molar-refractivity contribution in [3.8, 4) is 0 Å². The molecule has 0 fully saturated rings. The Morgan fingerprint density at radius 1 is 1.38 bits per heavy atom. The molecule has 0 aromatic carbocycles. The van der Waals surface area contributed by atoms with Gasteiger partial charge in [-0.05, 0) is 31.3 Å². The van der Waals surface area contributed by atoms with Crippen LogP contribution < -0.4 is 5.32 Å². The molecule has 3 nitrogen and oxygen atoms in total. The number of nitrogens with one attached hydrogen (secondary N) is 1. The van der Waals surface area contributed by atoms with Crippen molar-refractivity contribution >= 4 is 5.97 Å². The summed E-state index contributed by atoms with van der Waals surface area (Å²) in [5, 5.41) is 11.8. The molecular weight excluding hydrogens is 166 g/mol. The van der Waals surface area contributed by atoms with E-state index in [-0.39, 0.29) is 11.8 Å². The van der Waals surface area contributed by atoms with E-state index in [4.69, 9.17) is 5.11 Å². The number of hydrogen-bond donors (Lipinski definition) is 2. The minimum absolute atomic E-state index is 0.139. The molecule has 0 aliphatic rings. The van der Waals surface area contributed by atoms with E-state index in [1.807, 2.05) is 0 Å². The van der Waals surface area contributed by atoms with E-state index in [1.54, 1.807) is 0 Å². The van der Waals surface area contributed by atoms with Gasteiger partial charge in [0, 0.05) is 6.42 Å². The van der Waals surface area contributed by atoms with Gasteiger partial charge in [0.1, 0.15) is 0 Å². The highest BCUT2D eigenvalue weighted by Gasteiger charge is 2.18. The van der Waals surface area contributed by atoms with Crippen LogP contribution in [-0.4, -0.2) is 24.2 Å². The second-order valence-electron chi connectivity index (χ2n) is 4.16. The SMILES string of the molecule is CCNCCC(C)(C)CCC(=O)O. The monoisotopic (exact) mass is 187 g/mol. The van der Waals surface area contributed by atoms with E-state index in [0.29, 0.717) is 0 Å². The summed E-state index contributed by atoms with van der Waals surface area (Å²) in [6.07, 6.45) is 2.07. The summed E-state index contributed by atoms with van der Waals surface area (Å²) >= 11 is 0. The summed E-state index contributed by atoms with van der Waals surface area (Å²) < 4.78 is 0. The summed E-state index contributed by atoms with van der Waals surface area (Å²) in [7, 11) is 0. The first-order valence-electron chi connectivity index (χ1n) is 4.90. The van der Waals surface area contributed by atoms with Crippen molar-refractivity contribution in [3.05, 3.63) is 0 Å². The van der Waals surface area contributed by atoms with E-state index in [9.17, 15) is 4.79 Å². The molecule has 0 amide bonds. The van der Waals surface area contributed by atoms with Gasteiger partial charge in [0.05, 0.1) is 0 Å². The second kappa shape index (κ2) is 5.97. The zero-order valence-electron chi connectivity index (χ0n) is 8.89. The molecule has 0 bridgehead atoms. The molecule has 0 unspecified atom stereocenters. The summed E-state index contributed by atoms with van der Waals surface area (Å²) in [4.78, 5) is 10.4. The van der Waals surface area contributed by atoms with Crippen molar-refractivity contribution in [2.24, 2.45) is 5.41 Å². The van der Waals surface area contributed by atoms with E-state index in [1.165, 1.54) is 0 Å². The van der Waals surface area contributed by atoms with Crippen molar-refractivity contribution in [1.29, 1.82) is 0 Å². The zero-order chi connectivity index (χ0) is 10.3. The fourth-order valence-electron chi connectivity index (χ4n) is 1.17. The average molecular weight is 187 g/mol. The highest BCUT2D eigenvalue weighted by molar-refractivity contribution is 5.66. The van der Waals surface area contributed by atoms with Gasteiger partial charge in [-0.3, -0.25) is 4.79 Å². The topological polar surface area (TPSA) is 49.3 Å². The summed E-state index contributed by atoms with van der Waals surface area (Å²) in [5.41, 5.74) is 0.139. The lowest BCUT2D eigenvalue weighted by molar-refractivity contribution is -0.137. The summed E-state index contributed by atoms with van der Waals surface area (Å²) in [5.74, 6) is -0.698. The van der Waals surface area contributed by atoms with E-state index in [0.717, 1.165) is 25.9 Å². The molecule has 0 aliphatic carbocycles. The summed E-state index contributed by atoms with van der Waals surface area (Å²) in [6, 6.07) is 0. The fraction of sp³-hybridized carbons (Fsp3) is 0.900. The molecular formula is C10H21NO2. The van der Waals surface area contributed by atoms with Crippen molar-refractivity contribution in [2.75, 3.05) is 13.1 Å². The highest BCUT2D eigenvalue weighted by Crippen LogP contribution is 2.25. The molecule has 0 heterocycles. The predicted molar refractivity (Wildman–Crippen MR) is 53.8 cm³/mol. The number of rotatable bonds is 7. The number of aliphatic carboxylic acids is 1. The Labute approximate surface area is 80.5 Å². The number of carbonyl (C=O) groups is 1.